The first kappa shape index (κ1) is 8.12. The summed E-state index contributed by atoms with van der Waals surface area (Å²) >= 11 is 0. The van der Waals surface area contributed by atoms with Gasteiger partial charge in [-0.3, -0.25) is 0 Å². The highest BCUT2D eigenvalue weighted by molar-refractivity contribution is 5.50. The molecule has 0 heteroatoms. The average Bonchev–Trinajstić information content (AvgIpc) is 2.87. The lowest BCUT2D eigenvalue weighted by Gasteiger charge is -2.13. The molecule has 0 heterocycles. The SMILES string of the molecule is C#CC1(c2cccc3c2CCC3)CC1. The number of fused-ring (bicyclic) bond motifs is 1. The molecule has 0 spiro atoms. The first-order valence-corrected chi connectivity index (χ1v) is 5.45. The van der Waals surface area contributed by atoms with Crippen molar-refractivity contribution in [2.75, 3.05) is 0 Å². The molecule has 3 rings (SSSR count). The normalized spacial score (nSPS) is 21.4. The summed E-state index contributed by atoms with van der Waals surface area (Å²) in [5.41, 5.74) is 4.72. The van der Waals surface area contributed by atoms with Gasteiger partial charge in [0, 0.05) is 0 Å². The summed E-state index contributed by atoms with van der Waals surface area (Å²) in [5, 5.41) is 0. The van der Waals surface area contributed by atoms with E-state index in [4.69, 9.17) is 6.42 Å². The van der Waals surface area contributed by atoms with E-state index >= 15 is 0 Å². The summed E-state index contributed by atoms with van der Waals surface area (Å²) in [4.78, 5) is 0. The third kappa shape index (κ3) is 0.960. The van der Waals surface area contributed by atoms with E-state index in [0.717, 1.165) is 0 Å². The quantitative estimate of drug-likeness (QED) is 0.586. The van der Waals surface area contributed by atoms with Crippen LogP contribution in [0.25, 0.3) is 0 Å². The Bertz CT molecular complexity index is 416. The second-order valence-electron chi connectivity index (χ2n) is 4.52. The molecule has 0 saturated heterocycles. The molecule has 0 aromatic heterocycles. The molecule has 0 nitrogen and oxygen atoms in total. The fourth-order valence-corrected chi connectivity index (χ4v) is 2.68. The number of aryl methyl sites for hydroxylation is 1. The van der Waals surface area contributed by atoms with Crippen LogP contribution in [-0.4, -0.2) is 0 Å². The van der Waals surface area contributed by atoms with Crippen LogP contribution in [0.5, 0.6) is 0 Å². The Morgan fingerprint density at radius 3 is 2.79 bits per heavy atom. The van der Waals surface area contributed by atoms with Gasteiger partial charge in [-0.1, -0.05) is 24.1 Å². The molecule has 0 N–H and O–H groups in total. The van der Waals surface area contributed by atoms with Crippen molar-refractivity contribution in [2.45, 2.75) is 37.5 Å². The van der Waals surface area contributed by atoms with Gasteiger partial charge in [-0.2, -0.15) is 0 Å². The van der Waals surface area contributed by atoms with Crippen molar-refractivity contribution in [3.8, 4) is 12.3 Å². The van der Waals surface area contributed by atoms with Crippen molar-refractivity contribution in [3.05, 3.63) is 34.9 Å². The van der Waals surface area contributed by atoms with Gasteiger partial charge < -0.3 is 0 Å². The maximum absolute atomic E-state index is 5.64. The minimum absolute atomic E-state index is 0.135. The Kier molecular flexibility index (Phi) is 1.53. The van der Waals surface area contributed by atoms with Gasteiger partial charge in [0.15, 0.2) is 0 Å². The number of benzene rings is 1. The lowest BCUT2D eigenvalue weighted by atomic mass is 9.90. The van der Waals surface area contributed by atoms with Crippen LogP contribution in [0.1, 0.15) is 36.0 Å². The molecular weight excluding hydrogens is 168 g/mol. The summed E-state index contributed by atoms with van der Waals surface area (Å²) < 4.78 is 0. The highest BCUT2D eigenvalue weighted by Crippen LogP contribution is 2.50. The Balaban J connectivity index is 2.16. The minimum Gasteiger partial charge on any atom is -0.119 e. The summed E-state index contributed by atoms with van der Waals surface area (Å²) in [5.74, 6) is 3.00. The van der Waals surface area contributed by atoms with Crippen molar-refractivity contribution in [1.29, 1.82) is 0 Å². The Morgan fingerprint density at radius 2 is 2.07 bits per heavy atom. The van der Waals surface area contributed by atoms with E-state index in [-0.39, 0.29) is 5.41 Å². The lowest BCUT2D eigenvalue weighted by Crippen LogP contribution is -2.06. The van der Waals surface area contributed by atoms with E-state index in [9.17, 15) is 0 Å². The van der Waals surface area contributed by atoms with E-state index < -0.39 is 0 Å². The molecule has 0 aliphatic heterocycles. The van der Waals surface area contributed by atoms with E-state index in [1.54, 1.807) is 11.1 Å². The van der Waals surface area contributed by atoms with E-state index in [0.29, 0.717) is 0 Å². The minimum atomic E-state index is 0.135. The molecule has 0 amide bonds. The van der Waals surface area contributed by atoms with Crippen LogP contribution < -0.4 is 0 Å². The number of hydrogen-bond donors (Lipinski definition) is 0. The molecule has 0 radical (unpaired) electrons. The van der Waals surface area contributed by atoms with Gasteiger partial charge in [-0.15, -0.1) is 6.42 Å². The van der Waals surface area contributed by atoms with E-state index in [2.05, 4.69) is 24.1 Å². The molecule has 1 fully saturated rings. The summed E-state index contributed by atoms with van der Waals surface area (Å²) in [6.07, 6.45) is 11.8. The third-order valence-corrected chi connectivity index (χ3v) is 3.69. The zero-order valence-electron chi connectivity index (χ0n) is 8.34. The molecule has 0 atom stereocenters. The third-order valence-electron chi connectivity index (χ3n) is 3.69. The zero-order valence-corrected chi connectivity index (χ0v) is 8.34. The molecule has 0 unspecified atom stereocenters. The predicted molar refractivity (Wildman–Crippen MR) is 58.2 cm³/mol. The van der Waals surface area contributed by atoms with Crippen molar-refractivity contribution in [2.24, 2.45) is 0 Å². The molecule has 1 saturated carbocycles. The van der Waals surface area contributed by atoms with Gasteiger partial charge in [0.1, 0.15) is 0 Å². The molecule has 70 valence electrons. The van der Waals surface area contributed by atoms with Crippen LogP contribution in [0.4, 0.5) is 0 Å². The van der Waals surface area contributed by atoms with Crippen LogP contribution in [0.15, 0.2) is 18.2 Å². The molecule has 2 aliphatic carbocycles. The van der Waals surface area contributed by atoms with Crippen LogP contribution in [0, 0.1) is 12.3 Å². The number of hydrogen-bond acceptors (Lipinski definition) is 0. The molecule has 14 heavy (non-hydrogen) atoms. The van der Waals surface area contributed by atoms with Gasteiger partial charge >= 0.3 is 0 Å². The molecular formula is C14H14. The predicted octanol–water partition coefficient (Wildman–Crippen LogP) is 2.84. The monoisotopic (exact) mass is 182 g/mol. The number of rotatable bonds is 1. The molecule has 2 aliphatic rings. The Morgan fingerprint density at radius 1 is 1.21 bits per heavy atom. The van der Waals surface area contributed by atoms with Gasteiger partial charge in [0.2, 0.25) is 0 Å². The molecule has 1 aromatic carbocycles. The van der Waals surface area contributed by atoms with Crippen molar-refractivity contribution in [3.63, 3.8) is 0 Å². The highest BCUT2D eigenvalue weighted by atomic mass is 14.5. The van der Waals surface area contributed by atoms with Crippen LogP contribution >= 0.6 is 0 Å². The van der Waals surface area contributed by atoms with Crippen LogP contribution in [0.2, 0.25) is 0 Å². The highest BCUT2D eigenvalue weighted by Gasteiger charge is 2.44. The number of terminal acetylenes is 1. The summed E-state index contributed by atoms with van der Waals surface area (Å²) in [6.45, 7) is 0. The standard InChI is InChI=1S/C14H14/c1-2-14(9-10-14)13-8-4-6-11-5-3-7-12(11)13/h1,4,6,8H,3,5,7,9-10H2. The van der Waals surface area contributed by atoms with Crippen molar-refractivity contribution in [1.82, 2.24) is 0 Å². The second-order valence-corrected chi connectivity index (χ2v) is 4.52. The fraction of sp³-hybridized carbons (Fsp3) is 0.429. The Hall–Kier alpha value is -1.22. The van der Waals surface area contributed by atoms with Crippen molar-refractivity contribution < 1.29 is 0 Å². The molecule has 0 bridgehead atoms. The summed E-state index contributed by atoms with van der Waals surface area (Å²) in [7, 11) is 0. The van der Waals surface area contributed by atoms with Crippen molar-refractivity contribution >= 4 is 0 Å². The Labute approximate surface area is 85.3 Å². The maximum Gasteiger partial charge on any atom is 0.0564 e. The first-order valence-electron chi connectivity index (χ1n) is 5.45. The van der Waals surface area contributed by atoms with E-state index in [1.807, 2.05) is 0 Å². The maximum atomic E-state index is 5.64. The zero-order chi connectivity index (χ0) is 9.60. The molecule has 1 aromatic rings. The summed E-state index contributed by atoms with van der Waals surface area (Å²) in [6, 6.07) is 6.69. The smallest absolute Gasteiger partial charge is 0.0564 e. The van der Waals surface area contributed by atoms with E-state index in [1.165, 1.54) is 37.7 Å². The topological polar surface area (TPSA) is 0 Å². The van der Waals surface area contributed by atoms with Gasteiger partial charge in [0.25, 0.3) is 0 Å². The van der Waals surface area contributed by atoms with Crippen LogP contribution in [-0.2, 0) is 18.3 Å². The second kappa shape index (κ2) is 2.64. The van der Waals surface area contributed by atoms with Gasteiger partial charge in [0.05, 0.1) is 5.41 Å². The largest absolute Gasteiger partial charge is 0.119 e. The first-order chi connectivity index (χ1) is 6.86. The van der Waals surface area contributed by atoms with Gasteiger partial charge in [-0.05, 0) is 48.8 Å². The fourth-order valence-electron chi connectivity index (χ4n) is 2.68. The van der Waals surface area contributed by atoms with Crippen LogP contribution in [0.3, 0.4) is 0 Å². The lowest BCUT2D eigenvalue weighted by molar-refractivity contribution is 0.874. The van der Waals surface area contributed by atoms with Gasteiger partial charge in [-0.25, -0.2) is 0 Å². The average molecular weight is 182 g/mol.